The van der Waals surface area contributed by atoms with Crippen LogP contribution in [-0.4, -0.2) is 55.7 Å². The lowest BCUT2D eigenvalue weighted by Gasteiger charge is -2.32. The Morgan fingerprint density at radius 3 is 2.94 bits per heavy atom. The van der Waals surface area contributed by atoms with Gasteiger partial charge in [0.1, 0.15) is 17.7 Å². The topological polar surface area (TPSA) is 109 Å². The van der Waals surface area contributed by atoms with Gasteiger partial charge in [-0.2, -0.15) is 5.10 Å². The van der Waals surface area contributed by atoms with E-state index in [9.17, 15) is 4.79 Å². The van der Waals surface area contributed by atoms with Gasteiger partial charge < -0.3 is 15.0 Å². The number of thiazole rings is 1. The van der Waals surface area contributed by atoms with Crippen LogP contribution in [0.15, 0.2) is 30.5 Å². The summed E-state index contributed by atoms with van der Waals surface area (Å²) in [4.78, 5) is 29.5. The highest BCUT2D eigenvalue weighted by atomic mass is 32.1. The number of fused-ring (bicyclic) bond motifs is 1. The molecule has 5 rings (SSSR count). The Kier molecular flexibility index (Phi) is 5.32. The van der Waals surface area contributed by atoms with Crippen molar-refractivity contribution in [1.29, 1.82) is 0 Å². The van der Waals surface area contributed by atoms with Crippen molar-refractivity contribution < 1.29 is 9.53 Å². The average molecular weight is 450 g/mol. The molecule has 1 atom stereocenters. The molecule has 10 heteroatoms. The number of aryl methyl sites for hydroxylation is 3. The fourth-order valence-corrected chi connectivity index (χ4v) is 4.47. The monoisotopic (exact) mass is 449 g/mol. The maximum absolute atomic E-state index is 13.3. The predicted molar refractivity (Wildman–Crippen MR) is 122 cm³/mol. The lowest BCUT2D eigenvalue weighted by Crippen LogP contribution is -2.42. The second-order valence-electron chi connectivity index (χ2n) is 7.86. The molecule has 164 valence electrons. The van der Waals surface area contributed by atoms with Gasteiger partial charge in [0.15, 0.2) is 10.8 Å². The maximum Gasteiger partial charge on any atom is 0.275 e. The van der Waals surface area contributed by atoms with Crippen LogP contribution < -0.4 is 5.32 Å². The molecule has 9 nitrogen and oxygen atoms in total. The van der Waals surface area contributed by atoms with Crippen LogP contribution in [0.3, 0.4) is 0 Å². The van der Waals surface area contributed by atoms with Gasteiger partial charge in [0.05, 0.1) is 24.4 Å². The van der Waals surface area contributed by atoms with E-state index in [0.717, 1.165) is 32.2 Å². The predicted octanol–water partition coefficient (Wildman–Crippen LogP) is 3.69. The fourth-order valence-electron chi connectivity index (χ4n) is 3.80. The van der Waals surface area contributed by atoms with E-state index in [1.165, 1.54) is 0 Å². The molecule has 0 spiro atoms. The van der Waals surface area contributed by atoms with Crippen molar-refractivity contribution in [2.75, 3.05) is 25.0 Å². The van der Waals surface area contributed by atoms with E-state index in [-0.39, 0.29) is 12.0 Å². The molecular weight excluding hydrogens is 426 g/mol. The number of nitrogens with one attached hydrogen (secondary N) is 2. The number of anilines is 2. The van der Waals surface area contributed by atoms with Crippen LogP contribution in [0.4, 0.5) is 10.9 Å². The van der Waals surface area contributed by atoms with Crippen LogP contribution in [0, 0.1) is 20.8 Å². The van der Waals surface area contributed by atoms with Gasteiger partial charge in [-0.1, -0.05) is 11.6 Å². The zero-order chi connectivity index (χ0) is 22.2. The van der Waals surface area contributed by atoms with Crippen molar-refractivity contribution in [3.8, 4) is 0 Å². The van der Waals surface area contributed by atoms with Crippen molar-refractivity contribution in [3.05, 3.63) is 58.1 Å². The molecule has 1 fully saturated rings. The number of nitrogens with zero attached hydrogens (tertiary/aromatic N) is 5. The quantitative estimate of drug-likeness (QED) is 0.489. The molecule has 2 N–H and O–H groups in total. The van der Waals surface area contributed by atoms with E-state index < -0.39 is 0 Å². The Bertz CT molecular complexity index is 1300. The Balaban J connectivity index is 1.37. The molecule has 1 unspecified atom stereocenters. The van der Waals surface area contributed by atoms with Gasteiger partial charge in [0.25, 0.3) is 5.91 Å². The lowest BCUT2D eigenvalue weighted by molar-refractivity contribution is -0.0249. The Labute approximate surface area is 188 Å². The number of hydrogen-bond donors (Lipinski definition) is 2. The third kappa shape index (κ3) is 4.06. The third-order valence-corrected chi connectivity index (χ3v) is 6.15. The highest BCUT2D eigenvalue weighted by Gasteiger charge is 2.29. The number of morpholine rings is 1. The summed E-state index contributed by atoms with van der Waals surface area (Å²) in [6, 6.07) is 7.78. The first-order chi connectivity index (χ1) is 15.5. The van der Waals surface area contributed by atoms with Crippen LogP contribution >= 0.6 is 11.3 Å². The molecule has 1 saturated heterocycles. The molecule has 32 heavy (non-hydrogen) atoms. The van der Waals surface area contributed by atoms with Crippen molar-refractivity contribution in [3.63, 3.8) is 0 Å². The molecule has 1 aliphatic rings. The highest BCUT2D eigenvalue weighted by Crippen LogP contribution is 2.27. The zero-order valence-electron chi connectivity index (χ0n) is 18.0. The summed E-state index contributed by atoms with van der Waals surface area (Å²) in [5.74, 6) is 1.17. The minimum Gasteiger partial charge on any atom is -0.368 e. The second kappa shape index (κ2) is 8.29. The molecule has 0 radical (unpaired) electrons. The minimum absolute atomic E-state index is 0.113. The first-order valence-corrected chi connectivity index (χ1v) is 11.2. The molecular formula is C22H23N7O2S. The third-order valence-electron chi connectivity index (χ3n) is 5.32. The van der Waals surface area contributed by atoms with Gasteiger partial charge in [-0.15, -0.1) is 11.3 Å². The van der Waals surface area contributed by atoms with Crippen LogP contribution in [0.1, 0.15) is 38.6 Å². The SMILES string of the molecule is Cc1ccc2[nH]nc(C(=O)N3CCOC(c4cc(Nc5ncc(C)s5)nc(C)n4)C3)c2c1. The number of aromatic amines is 1. The number of aromatic nitrogens is 5. The van der Waals surface area contributed by atoms with Crippen molar-refractivity contribution in [1.82, 2.24) is 30.0 Å². The number of carbonyl (C=O) groups excluding carboxylic acids is 1. The number of amides is 1. The average Bonchev–Trinajstić information content (AvgIpc) is 3.38. The van der Waals surface area contributed by atoms with E-state index in [1.54, 1.807) is 16.2 Å². The summed E-state index contributed by atoms with van der Waals surface area (Å²) < 4.78 is 5.98. The highest BCUT2D eigenvalue weighted by molar-refractivity contribution is 7.15. The number of benzene rings is 1. The summed E-state index contributed by atoms with van der Waals surface area (Å²) in [5.41, 5.74) is 3.10. The molecule has 1 aliphatic heterocycles. The fraction of sp³-hybridized carbons (Fsp3) is 0.318. The smallest absolute Gasteiger partial charge is 0.275 e. The number of H-pyrrole nitrogens is 1. The summed E-state index contributed by atoms with van der Waals surface area (Å²) >= 11 is 1.56. The van der Waals surface area contributed by atoms with Gasteiger partial charge in [0.2, 0.25) is 0 Å². The summed E-state index contributed by atoms with van der Waals surface area (Å²) in [6.07, 6.45) is 1.47. The van der Waals surface area contributed by atoms with E-state index in [0.29, 0.717) is 37.0 Å². The molecule has 1 aromatic carbocycles. The Hall–Kier alpha value is -3.37. The van der Waals surface area contributed by atoms with Crippen LogP contribution in [0.5, 0.6) is 0 Å². The molecule has 4 heterocycles. The minimum atomic E-state index is -0.347. The molecule has 4 aromatic rings. The molecule has 3 aromatic heterocycles. The van der Waals surface area contributed by atoms with Crippen LogP contribution in [-0.2, 0) is 4.74 Å². The Morgan fingerprint density at radius 1 is 1.25 bits per heavy atom. The molecule has 0 bridgehead atoms. The summed E-state index contributed by atoms with van der Waals surface area (Å²) in [5, 5.41) is 12.1. The van der Waals surface area contributed by atoms with Crippen LogP contribution in [0.2, 0.25) is 0 Å². The molecule has 0 aliphatic carbocycles. The lowest BCUT2D eigenvalue weighted by atomic mass is 10.1. The Morgan fingerprint density at radius 2 is 2.12 bits per heavy atom. The molecule has 1 amide bonds. The number of hydrogen-bond acceptors (Lipinski definition) is 8. The summed E-state index contributed by atoms with van der Waals surface area (Å²) in [7, 11) is 0. The van der Waals surface area contributed by atoms with Gasteiger partial charge >= 0.3 is 0 Å². The van der Waals surface area contributed by atoms with Gasteiger partial charge in [-0.25, -0.2) is 15.0 Å². The largest absolute Gasteiger partial charge is 0.368 e. The number of carbonyl (C=O) groups is 1. The standard InChI is InChI=1S/C22H23N7O2S/c1-12-4-5-16-15(8-12)20(28-27-16)21(30)29-6-7-31-18(11-29)17-9-19(25-14(3)24-17)26-22-23-10-13(2)32-22/h4-5,8-10,18H,6-7,11H2,1-3H3,(H,27,28)(H,23,24,25,26). The normalized spacial score (nSPS) is 16.5. The van der Waals surface area contributed by atoms with E-state index in [4.69, 9.17) is 4.74 Å². The van der Waals surface area contributed by atoms with Crippen molar-refractivity contribution in [2.45, 2.75) is 26.9 Å². The first kappa shape index (κ1) is 20.5. The first-order valence-electron chi connectivity index (χ1n) is 10.4. The van der Waals surface area contributed by atoms with E-state index in [1.807, 2.05) is 51.2 Å². The van der Waals surface area contributed by atoms with Gasteiger partial charge in [-0.3, -0.25) is 9.89 Å². The zero-order valence-corrected chi connectivity index (χ0v) is 18.9. The summed E-state index contributed by atoms with van der Waals surface area (Å²) in [6.45, 7) is 7.17. The molecule has 0 saturated carbocycles. The number of ether oxygens (including phenoxy) is 1. The maximum atomic E-state index is 13.3. The van der Waals surface area contributed by atoms with Gasteiger partial charge in [-0.05, 0) is 32.9 Å². The van der Waals surface area contributed by atoms with Crippen LogP contribution in [0.25, 0.3) is 10.9 Å². The van der Waals surface area contributed by atoms with Crippen molar-refractivity contribution in [2.24, 2.45) is 0 Å². The number of rotatable bonds is 4. The van der Waals surface area contributed by atoms with E-state index in [2.05, 4.69) is 30.5 Å². The second-order valence-corrected chi connectivity index (χ2v) is 9.09. The van der Waals surface area contributed by atoms with Crippen molar-refractivity contribution >= 4 is 39.1 Å². The van der Waals surface area contributed by atoms with Gasteiger partial charge in [0, 0.05) is 29.1 Å². The van der Waals surface area contributed by atoms with E-state index >= 15 is 0 Å².